The van der Waals surface area contributed by atoms with E-state index in [4.69, 9.17) is 0 Å². The second-order valence-electron chi connectivity index (χ2n) is 2.51. The first-order valence-electron chi connectivity index (χ1n) is 3.65. The van der Waals surface area contributed by atoms with E-state index < -0.39 is 5.97 Å². The van der Waals surface area contributed by atoms with Gasteiger partial charge in [0.1, 0.15) is 0 Å². The Balaban J connectivity index is 2.89. The zero-order valence-corrected chi connectivity index (χ0v) is 6.78. The van der Waals surface area contributed by atoms with Crippen LogP contribution in [-0.4, -0.2) is 5.97 Å². The molecule has 0 aromatic heterocycles. The lowest BCUT2D eigenvalue weighted by molar-refractivity contribution is -0.297. The highest BCUT2D eigenvalue weighted by molar-refractivity contribution is 5.83. The van der Waals surface area contributed by atoms with Crippen molar-refractivity contribution in [3.8, 4) is 0 Å². The molecule has 0 atom stereocenters. The van der Waals surface area contributed by atoms with Crippen LogP contribution in [0.1, 0.15) is 11.1 Å². The van der Waals surface area contributed by atoms with Crippen molar-refractivity contribution in [3.05, 3.63) is 41.5 Å². The number of carbonyl (C=O) groups excluding carboxylic acids is 1. The Kier molecular flexibility index (Phi) is 2.64. The normalized spacial score (nSPS) is 10.4. The predicted molar refractivity (Wildman–Crippen MR) is 45.2 cm³/mol. The molecule has 0 spiro atoms. The van der Waals surface area contributed by atoms with Crippen molar-refractivity contribution in [2.75, 3.05) is 0 Å². The molecule has 0 aliphatic carbocycles. The quantitative estimate of drug-likeness (QED) is 0.601. The minimum Gasteiger partial charge on any atom is -0.545 e. The summed E-state index contributed by atoms with van der Waals surface area (Å²) in [6.45, 7) is 1.93. The molecule has 62 valence electrons. The largest absolute Gasteiger partial charge is 0.545 e. The average molecular weight is 161 g/mol. The van der Waals surface area contributed by atoms with E-state index in [1.54, 1.807) is 0 Å². The van der Waals surface area contributed by atoms with Gasteiger partial charge in [-0.15, -0.1) is 0 Å². The molecule has 0 amide bonds. The lowest BCUT2D eigenvalue weighted by Gasteiger charge is -1.98. The zero-order chi connectivity index (χ0) is 8.97. The first-order chi connectivity index (χ1) is 5.70. The molecular formula is C10H9O2-. The summed E-state index contributed by atoms with van der Waals surface area (Å²) in [4.78, 5) is 10.1. The number of rotatable bonds is 2. The molecule has 0 unspecified atom stereocenters. The van der Waals surface area contributed by atoms with Gasteiger partial charge in [-0.25, -0.2) is 0 Å². The molecule has 1 aromatic rings. The molecule has 0 bridgehead atoms. The van der Waals surface area contributed by atoms with Crippen LogP contribution >= 0.6 is 0 Å². The number of carboxylic acid groups (broad SMARTS) is 1. The van der Waals surface area contributed by atoms with Gasteiger partial charge in [0.15, 0.2) is 0 Å². The van der Waals surface area contributed by atoms with E-state index >= 15 is 0 Å². The van der Waals surface area contributed by atoms with Crippen molar-refractivity contribution in [2.24, 2.45) is 0 Å². The summed E-state index contributed by atoms with van der Waals surface area (Å²) in [5, 5.41) is 10.1. The second kappa shape index (κ2) is 3.72. The van der Waals surface area contributed by atoms with Crippen LogP contribution in [0.2, 0.25) is 0 Å². The van der Waals surface area contributed by atoms with Crippen LogP contribution in [0.5, 0.6) is 0 Å². The van der Waals surface area contributed by atoms with Gasteiger partial charge in [0.05, 0.1) is 5.97 Å². The lowest BCUT2D eigenvalue weighted by atomic mass is 10.1. The Morgan fingerprint density at radius 3 is 2.67 bits per heavy atom. The second-order valence-corrected chi connectivity index (χ2v) is 2.51. The monoisotopic (exact) mass is 161 g/mol. The highest BCUT2D eigenvalue weighted by Gasteiger charge is 1.89. The maximum absolute atomic E-state index is 10.1. The van der Waals surface area contributed by atoms with Gasteiger partial charge in [-0.2, -0.15) is 0 Å². The fraction of sp³-hybridized carbons (Fsp3) is 0.100. The number of aryl methyl sites for hydroxylation is 1. The molecule has 0 saturated carbocycles. The molecule has 1 rings (SSSR count). The van der Waals surface area contributed by atoms with Gasteiger partial charge in [0.25, 0.3) is 0 Å². The average Bonchev–Trinajstić information content (AvgIpc) is 2.03. The Morgan fingerprint density at radius 1 is 1.42 bits per heavy atom. The van der Waals surface area contributed by atoms with Crippen molar-refractivity contribution in [3.63, 3.8) is 0 Å². The van der Waals surface area contributed by atoms with Gasteiger partial charge in [-0.05, 0) is 24.1 Å². The summed E-state index contributed by atoms with van der Waals surface area (Å²) in [5.41, 5.74) is 1.96. The van der Waals surface area contributed by atoms with Crippen molar-refractivity contribution < 1.29 is 9.90 Å². The molecule has 0 aliphatic rings. The van der Waals surface area contributed by atoms with E-state index in [0.29, 0.717) is 0 Å². The summed E-state index contributed by atoms with van der Waals surface area (Å²) in [7, 11) is 0. The van der Waals surface area contributed by atoms with Gasteiger partial charge < -0.3 is 9.90 Å². The Hall–Kier alpha value is -1.57. The van der Waals surface area contributed by atoms with Gasteiger partial charge in [0, 0.05) is 0 Å². The fourth-order valence-corrected chi connectivity index (χ4v) is 0.932. The number of hydrogen-bond acceptors (Lipinski definition) is 2. The SMILES string of the molecule is Cc1ccccc1/C=C/C(=O)[O-]. The third-order valence-electron chi connectivity index (χ3n) is 1.59. The predicted octanol–water partition coefficient (Wildman–Crippen LogP) is 0.758. The smallest absolute Gasteiger partial charge is 0.0643 e. The minimum absolute atomic E-state index is 0.904. The van der Waals surface area contributed by atoms with Gasteiger partial charge in [-0.3, -0.25) is 0 Å². The van der Waals surface area contributed by atoms with Crippen LogP contribution < -0.4 is 5.11 Å². The summed E-state index contributed by atoms with van der Waals surface area (Å²) >= 11 is 0. The van der Waals surface area contributed by atoms with E-state index in [2.05, 4.69) is 0 Å². The van der Waals surface area contributed by atoms with E-state index in [0.717, 1.165) is 17.2 Å². The lowest BCUT2D eigenvalue weighted by Crippen LogP contribution is -2.18. The molecule has 0 radical (unpaired) electrons. The third kappa shape index (κ3) is 2.23. The standard InChI is InChI=1S/C10H10O2/c1-8-4-2-3-5-9(8)6-7-10(11)12/h2-7H,1H3,(H,11,12)/p-1/b7-6+. The van der Waals surface area contributed by atoms with E-state index in [9.17, 15) is 9.90 Å². The Bertz CT molecular complexity index is 313. The number of benzene rings is 1. The highest BCUT2D eigenvalue weighted by atomic mass is 16.4. The molecule has 0 saturated heterocycles. The first kappa shape index (κ1) is 8.53. The van der Waals surface area contributed by atoms with Crippen LogP contribution in [0.15, 0.2) is 30.3 Å². The van der Waals surface area contributed by atoms with E-state index in [-0.39, 0.29) is 0 Å². The molecule has 0 aliphatic heterocycles. The number of carboxylic acids is 1. The summed E-state index contributed by atoms with van der Waals surface area (Å²) in [6, 6.07) is 7.55. The maximum atomic E-state index is 10.1. The van der Waals surface area contributed by atoms with Gasteiger partial charge in [-0.1, -0.05) is 30.3 Å². The first-order valence-corrected chi connectivity index (χ1v) is 3.65. The van der Waals surface area contributed by atoms with Crippen molar-refractivity contribution in [1.29, 1.82) is 0 Å². The number of aliphatic carboxylic acids is 1. The molecule has 1 aromatic carbocycles. The Labute approximate surface area is 71.2 Å². The molecule has 0 fully saturated rings. The van der Waals surface area contributed by atoms with Gasteiger partial charge >= 0.3 is 0 Å². The van der Waals surface area contributed by atoms with Crippen LogP contribution in [0.3, 0.4) is 0 Å². The summed E-state index contributed by atoms with van der Waals surface area (Å²) in [5.74, 6) is -1.17. The van der Waals surface area contributed by atoms with Gasteiger partial charge in [0.2, 0.25) is 0 Å². The molecule has 2 heteroatoms. The van der Waals surface area contributed by atoms with Crippen molar-refractivity contribution in [2.45, 2.75) is 6.92 Å². The third-order valence-corrected chi connectivity index (χ3v) is 1.59. The summed E-state index contributed by atoms with van der Waals surface area (Å²) < 4.78 is 0. The fourth-order valence-electron chi connectivity index (χ4n) is 0.932. The molecule has 0 heterocycles. The van der Waals surface area contributed by atoms with Crippen LogP contribution in [0.4, 0.5) is 0 Å². The minimum atomic E-state index is -1.17. The van der Waals surface area contributed by atoms with Crippen molar-refractivity contribution >= 4 is 12.0 Å². The number of hydrogen-bond donors (Lipinski definition) is 0. The Morgan fingerprint density at radius 2 is 2.08 bits per heavy atom. The topological polar surface area (TPSA) is 40.1 Å². The molecular weight excluding hydrogens is 152 g/mol. The number of carbonyl (C=O) groups is 1. The molecule has 0 N–H and O–H groups in total. The zero-order valence-electron chi connectivity index (χ0n) is 6.78. The maximum Gasteiger partial charge on any atom is 0.0643 e. The van der Waals surface area contributed by atoms with Crippen LogP contribution in [-0.2, 0) is 4.79 Å². The summed E-state index contributed by atoms with van der Waals surface area (Å²) in [6.07, 6.45) is 2.56. The van der Waals surface area contributed by atoms with Crippen LogP contribution in [0, 0.1) is 6.92 Å². The highest BCUT2D eigenvalue weighted by Crippen LogP contribution is 2.07. The molecule has 2 nitrogen and oxygen atoms in total. The van der Waals surface area contributed by atoms with Crippen LogP contribution in [0.25, 0.3) is 6.08 Å². The van der Waals surface area contributed by atoms with Crippen molar-refractivity contribution in [1.82, 2.24) is 0 Å². The van der Waals surface area contributed by atoms with E-state index in [1.165, 1.54) is 6.08 Å². The van der Waals surface area contributed by atoms with E-state index in [1.807, 2.05) is 31.2 Å². The molecule has 12 heavy (non-hydrogen) atoms.